The van der Waals surface area contributed by atoms with Crippen molar-refractivity contribution in [2.45, 2.75) is 30.5 Å². The van der Waals surface area contributed by atoms with Crippen molar-refractivity contribution in [3.8, 4) is 0 Å². The molecule has 3 nitrogen and oxygen atoms in total. The van der Waals surface area contributed by atoms with Gasteiger partial charge in [-0.3, -0.25) is 4.79 Å². The lowest BCUT2D eigenvalue weighted by molar-refractivity contribution is -0.105. The zero-order valence-electron chi connectivity index (χ0n) is 12.7. The van der Waals surface area contributed by atoms with Crippen LogP contribution in [0.2, 0.25) is 0 Å². The Hall–Kier alpha value is -2.02. The van der Waals surface area contributed by atoms with Gasteiger partial charge in [0.25, 0.3) is 5.91 Å². The molecule has 1 aliphatic carbocycles. The topological polar surface area (TPSA) is 42.0 Å². The van der Waals surface area contributed by atoms with Gasteiger partial charge in [0.1, 0.15) is 5.03 Å². The van der Waals surface area contributed by atoms with Crippen LogP contribution in [0.25, 0.3) is 0 Å². The Balaban J connectivity index is 1.75. The van der Waals surface area contributed by atoms with Crippen molar-refractivity contribution < 1.29 is 18.0 Å². The molecule has 0 atom stereocenters. The number of aryl methyl sites for hydroxylation is 2. The molecule has 0 saturated heterocycles. The number of halogens is 3. The second-order valence-corrected chi connectivity index (χ2v) is 6.52. The van der Waals surface area contributed by atoms with Crippen LogP contribution in [0, 0.1) is 0 Å². The van der Waals surface area contributed by atoms with Gasteiger partial charge < -0.3 is 5.32 Å². The van der Waals surface area contributed by atoms with Crippen LogP contribution in [0.1, 0.15) is 27.9 Å². The summed E-state index contributed by atoms with van der Waals surface area (Å²) in [6, 6.07) is 8.75. The Morgan fingerprint density at radius 2 is 2.00 bits per heavy atom. The van der Waals surface area contributed by atoms with Gasteiger partial charge in [-0.05, 0) is 54.7 Å². The number of fused-ring (bicyclic) bond motifs is 1. The van der Waals surface area contributed by atoms with Crippen molar-refractivity contribution in [2.75, 3.05) is 11.1 Å². The summed E-state index contributed by atoms with van der Waals surface area (Å²) in [5.41, 5.74) is 3.30. The minimum atomic E-state index is -4.31. The summed E-state index contributed by atoms with van der Waals surface area (Å²) in [5.74, 6) is -1.53. The number of alkyl halides is 3. The highest BCUT2D eigenvalue weighted by Gasteiger charge is 2.28. The van der Waals surface area contributed by atoms with E-state index in [-0.39, 0.29) is 10.6 Å². The molecular formula is C17H15F3N2OS. The van der Waals surface area contributed by atoms with Crippen molar-refractivity contribution in [2.24, 2.45) is 0 Å². The Kier molecular flexibility index (Phi) is 4.80. The van der Waals surface area contributed by atoms with Crippen LogP contribution in [0.15, 0.2) is 41.6 Å². The van der Waals surface area contributed by atoms with Crippen LogP contribution in [0.5, 0.6) is 0 Å². The monoisotopic (exact) mass is 352 g/mol. The van der Waals surface area contributed by atoms with E-state index in [9.17, 15) is 18.0 Å². The molecule has 0 radical (unpaired) electrons. The molecule has 1 amide bonds. The summed E-state index contributed by atoms with van der Waals surface area (Å²) in [6.45, 7) is 0. The quantitative estimate of drug-likeness (QED) is 0.825. The van der Waals surface area contributed by atoms with Crippen molar-refractivity contribution in [1.29, 1.82) is 0 Å². The average Bonchev–Trinajstić information content (AvgIpc) is 3.00. The third-order valence-electron chi connectivity index (χ3n) is 3.74. The largest absolute Gasteiger partial charge is 0.398 e. The fourth-order valence-corrected chi connectivity index (χ4v) is 3.43. The lowest BCUT2D eigenvalue weighted by Gasteiger charge is -2.11. The van der Waals surface area contributed by atoms with Gasteiger partial charge in [-0.2, -0.15) is 13.2 Å². The number of nitrogens with one attached hydrogen (secondary N) is 1. The molecule has 0 saturated carbocycles. The van der Waals surface area contributed by atoms with Crippen LogP contribution in [0.3, 0.4) is 0 Å². The van der Waals surface area contributed by atoms with Crippen LogP contribution in [-0.4, -0.2) is 22.8 Å². The zero-order valence-corrected chi connectivity index (χ0v) is 13.5. The van der Waals surface area contributed by atoms with E-state index in [0.717, 1.165) is 19.3 Å². The van der Waals surface area contributed by atoms with E-state index in [1.54, 1.807) is 0 Å². The van der Waals surface area contributed by atoms with Crippen molar-refractivity contribution in [1.82, 2.24) is 4.98 Å². The second-order valence-electron chi connectivity index (χ2n) is 5.55. The minimum Gasteiger partial charge on any atom is -0.322 e. The second kappa shape index (κ2) is 6.84. The number of pyridine rings is 1. The molecule has 2 aromatic rings. The summed E-state index contributed by atoms with van der Waals surface area (Å²) in [7, 11) is 0. The lowest BCUT2D eigenvalue weighted by Crippen LogP contribution is -2.15. The summed E-state index contributed by atoms with van der Waals surface area (Å²) in [5, 5.41) is 2.83. The maximum absolute atomic E-state index is 12.4. The van der Waals surface area contributed by atoms with Gasteiger partial charge in [-0.15, -0.1) is 0 Å². The molecule has 1 aromatic heterocycles. The molecule has 3 rings (SSSR count). The fourth-order valence-electron chi connectivity index (χ4n) is 2.68. The standard InChI is InChI=1S/C17H15F3N2OS/c18-17(19,20)10-24-16-14(5-2-8-21-16)15(23)22-13-7-6-11-3-1-4-12(11)9-13/h2,5-9H,1,3-4,10H2,(H,22,23). The maximum atomic E-state index is 12.4. The number of aromatic nitrogens is 1. The third kappa shape index (κ3) is 4.08. The van der Waals surface area contributed by atoms with Crippen LogP contribution >= 0.6 is 11.8 Å². The predicted molar refractivity (Wildman–Crippen MR) is 87.4 cm³/mol. The van der Waals surface area contributed by atoms with Gasteiger partial charge in [0.05, 0.1) is 11.3 Å². The Morgan fingerprint density at radius 1 is 1.21 bits per heavy atom. The molecule has 1 heterocycles. The first-order chi connectivity index (χ1) is 11.4. The smallest absolute Gasteiger partial charge is 0.322 e. The number of anilines is 1. The van der Waals surface area contributed by atoms with Gasteiger partial charge in [-0.1, -0.05) is 17.8 Å². The molecule has 7 heteroatoms. The van der Waals surface area contributed by atoms with Crippen molar-refractivity contribution in [3.05, 3.63) is 53.2 Å². The van der Waals surface area contributed by atoms with Crippen molar-refractivity contribution in [3.63, 3.8) is 0 Å². The first kappa shape index (κ1) is 16.8. The van der Waals surface area contributed by atoms with Crippen LogP contribution in [0.4, 0.5) is 18.9 Å². The molecule has 0 aliphatic heterocycles. The number of thioether (sulfide) groups is 1. The van der Waals surface area contributed by atoms with Crippen LogP contribution in [-0.2, 0) is 12.8 Å². The molecule has 126 valence electrons. The fraction of sp³-hybridized carbons (Fsp3) is 0.294. The number of hydrogen-bond acceptors (Lipinski definition) is 3. The number of amides is 1. The molecule has 0 spiro atoms. The zero-order chi connectivity index (χ0) is 17.2. The summed E-state index contributed by atoms with van der Waals surface area (Å²) in [6.07, 6.45) is 0.206. The summed E-state index contributed by atoms with van der Waals surface area (Å²) in [4.78, 5) is 16.3. The molecule has 24 heavy (non-hydrogen) atoms. The molecule has 1 aliphatic rings. The van der Waals surface area contributed by atoms with Crippen molar-refractivity contribution >= 4 is 23.4 Å². The number of carbonyl (C=O) groups excluding carboxylic acids is 1. The number of hydrogen-bond donors (Lipinski definition) is 1. The highest BCUT2D eigenvalue weighted by molar-refractivity contribution is 7.99. The number of benzene rings is 1. The predicted octanol–water partition coefficient (Wildman–Crippen LogP) is 4.48. The Labute approximate surface area is 141 Å². The molecule has 0 fully saturated rings. The summed E-state index contributed by atoms with van der Waals surface area (Å²) >= 11 is 0.516. The normalized spacial score (nSPS) is 13.6. The third-order valence-corrected chi connectivity index (χ3v) is 4.82. The number of nitrogens with zero attached hydrogens (tertiary/aromatic N) is 1. The van der Waals surface area contributed by atoms with E-state index < -0.39 is 17.8 Å². The number of carbonyl (C=O) groups is 1. The first-order valence-electron chi connectivity index (χ1n) is 7.50. The van der Waals surface area contributed by atoms with E-state index in [1.165, 1.54) is 29.5 Å². The van der Waals surface area contributed by atoms with E-state index in [4.69, 9.17) is 0 Å². The Bertz CT molecular complexity index is 762. The highest BCUT2D eigenvalue weighted by Crippen LogP contribution is 2.29. The Morgan fingerprint density at radius 3 is 2.79 bits per heavy atom. The molecule has 0 bridgehead atoms. The molecule has 1 N–H and O–H groups in total. The SMILES string of the molecule is O=C(Nc1ccc2c(c1)CCC2)c1cccnc1SCC(F)(F)F. The van der Waals surface area contributed by atoms with Crippen LogP contribution < -0.4 is 5.32 Å². The van der Waals surface area contributed by atoms with Gasteiger partial charge >= 0.3 is 6.18 Å². The minimum absolute atomic E-state index is 0.0773. The van der Waals surface area contributed by atoms with Gasteiger partial charge in [-0.25, -0.2) is 4.98 Å². The van der Waals surface area contributed by atoms with Gasteiger partial charge in [0.2, 0.25) is 0 Å². The molecule has 0 unspecified atom stereocenters. The number of rotatable bonds is 4. The first-order valence-corrected chi connectivity index (χ1v) is 8.49. The molecule has 1 aromatic carbocycles. The van der Waals surface area contributed by atoms with E-state index in [2.05, 4.69) is 10.3 Å². The van der Waals surface area contributed by atoms with Gasteiger partial charge in [0, 0.05) is 11.9 Å². The highest BCUT2D eigenvalue weighted by atomic mass is 32.2. The van der Waals surface area contributed by atoms with Gasteiger partial charge in [0.15, 0.2) is 0 Å². The molecular weight excluding hydrogens is 337 g/mol. The maximum Gasteiger partial charge on any atom is 0.398 e. The lowest BCUT2D eigenvalue weighted by atomic mass is 10.1. The van der Waals surface area contributed by atoms with E-state index >= 15 is 0 Å². The summed E-state index contributed by atoms with van der Waals surface area (Å²) < 4.78 is 37.2. The average molecular weight is 352 g/mol. The van der Waals surface area contributed by atoms with E-state index in [0.29, 0.717) is 17.4 Å². The van der Waals surface area contributed by atoms with E-state index in [1.807, 2.05) is 18.2 Å².